The van der Waals surface area contributed by atoms with E-state index in [9.17, 15) is 13.6 Å². The zero-order valence-electron chi connectivity index (χ0n) is 6.46. The molecule has 0 amide bonds. The lowest BCUT2D eigenvalue weighted by atomic mass is 10.1. The predicted molar refractivity (Wildman–Crippen MR) is 41.0 cm³/mol. The zero-order valence-corrected chi connectivity index (χ0v) is 6.46. The fraction of sp³-hybridized carbons (Fsp3) is 0.375. The van der Waals surface area contributed by atoms with E-state index in [1.165, 1.54) is 0 Å². The third-order valence-corrected chi connectivity index (χ3v) is 1.25. The minimum Gasteiger partial charge on any atom is -0.381 e. The molecule has 4 heteroatoms. The largest absolute Gasteiger partial charge is 0.381 e. The SMILES string of the molecule is C=CCC(F)(F)C(=O)C(O)C=C. The molecule has 1 unspecified atom stereocenters. The molecule has 1 atom stereocenters. The van der Waals surface area contributed by atoms with Gasteiger partial charge in [-0.25, -0.2) is 0 Å². The number of alkyl halides is 2. The highest BCUT2D eigenvalue weighted by Gasteiger charge is 2.39. The molecule has 68 valence electrons. The number of halogens is 2. The molecule has 12 heavy (non-hydrogen) atoms. The fourth-order valence-corrected chi connectivity index (χ4v) is 0.605. The maximum atomic E-state index is 12.6. The van der Waals surface area contributed by atoms with Gasteiger partial charge in [0.2, 0.25) is 5.78 Å². The Kier molecular flexibility index (Phi) is 3.76. The number of aliphatic hydroxyl groups excluding tert-OH is 1. The summed E-state index contributed by atoms with van der Waals surface area (Å²) in [6, 6.07) is 0. The van der Waals surface area contributed by atoms with Crippen LogP contribution in [0.5, 0.6) is 0 Å². The number of hydrogen-bond acceptors (Lipinski definition) is 2. The fourth-order valence-electron chi connectivity index (χ4n) is 0.605. The zero-order chi connectivity index (χ0) is 9.78. The van der Waals surface area contributed by atoms with Crippen molar-refractivity contribution >= 4 is 5.78 Å². The van der Waals surface area contributed by atoms with Crippen LogP contribution in [0, 0.1) is 0 Å². The summed E-state index contributed by atoms with van der Waals surface area (Å²) in [5.41, 5.74) is 0. The average Bonchev–Trinajstić information content (AvgIpc) is 2.01. The van der Waals surface area contributed by atoms with Crippen LogP contribution in [0.4, 0.5) is 8.78 Å². The van der Waals surface area contributed by atoms with Gasteiger partial charge in [-0.2, -0.15) is 8.78 Å². The second-order valence-electron chi connectivity index (χ2n) is 2.24. The molecular formula is C8H10F2O2. The first-order valence-electron chi connectivity index (χ1n) is 3.29. The van der Waals surface area contributed by atoms with Gasteiger partial charge in [0.15, 0.2) is 0 Å². The van der Waals surface area contributed by atoms with Crippen LogP contribution in [-0.4, -0.2) is 22.9 Å². The topological polar surface area (TPSA) is 37.3 Å². The molecule has 0 aliphatic rings. The first-order chi connectivity index (χ1) is 5.45. The van der Waals surface area contributed by atoms with Gasteiger partial charge in [0, 0.05) is 6.42 Å². The van der Waals surface area contributed by atoms with Crippen molar-refractivity contribution in [3.8, 4) is 0 Å². The summed E-state index contributed by atoms with van der Waals surface area (Å²) in [7, 11) is 0. The third-order valence-electron chi connectivity index (χ3n) is 1.25. The van der Waals surface area contributed by atoms with Crippen molar-refractivity contribution < 1.29 is 18.7 Å². The van der Waals surface area contributed by atoms with Crippen LogP contribution in [0.15, 0.2) is 25.3 Å². The van der Waals surface area contributed by atoms with E-state index in [-0.39, 0.29) is 0 Å². The van der Waals surface area contributed by atoms with Gasteiger partial charge < -0.3 is 5.11 Å². The Labute approximate surface area is 69.2 Å². The van der Waals surface area contributed by atoms with E-state index >= 15 is 0 Å². The highest BCUT2D eigenvalue weighted by Crippen LogP contribution is 2.21. The highest BCUT2D eigenvalue weighted by atomic mass is 19.3. The van der Waals surface area contributed by atoms with Gasteiger partial charge in [-0.1, -0.05) is 12.2 Å². The van der Waals surface area contributed by atoms with E-state index in [0.717, 1.165) is 12.2 Å². The molecule has 0 saturated heterocycles. The smallest absolute Gasteiger partial charge is 0.311 e. The summed E-state index contributed by atoms with van der Waals surface area (Å²) in [6.45, 7) is 6.10. The lowest BCUT2D eigenvalue weighted by Crippen LogP contribution is -2.36. The van der Waals surface area contributed by atoms with Crippen molar-refractivity contribution in [2.45, 2.75) is 18.4 Å². The van der Waals surface area contributed by atoms with Crippen molar-refractivity contribution in [3.05, 3.63) is 25.3 Å². The van der Waals surface area contributed by atoms with Crippen molar-refractivity contribution in [2.75, 3.05) is 0 Å². The first-order valence-corrected chi connectivity index (χ1v) is 3.29. The second-order valence-corrected chi connectivity index (χ2v) is 2.24. The number of carbonyl (C=O) groups excluding carboxylic acids is 1. The summed E-state index contributed by atoms with van der Waals surface area (Å²) in [4.78, 5) is 10.7. The highest BCUT2D eigenvalue weighted by molar-refractivity contribution is 5.91. The summed E-state index contributed by atoms with van der Waals surface area (Å²) >= 11 is 0. The number of aliphatic hydroxyl groups is 1. The van der Waals surface area contributed by atoms with Crippen molar-refractivity contribution in [2.24, 2.45) is 0 Å². The van der Waals surface area contributed by atoms with Gasteiger partial charge in [-0.05, 0) is 0 Å². The molecule has 0 aromatic rings. The van der Waals surface area contributed by atoms with Crippen molar-refractivity contribution in [3.63, 3.8) is 0 Å². The summed E-state index contributed by atoms with van der Waals surface area (Å²) < 4.78 is 25.3. The first kappa shape index (κ1) is 11.0. The van der Waals surface area contributed by atoms with E-state index in [1.807, 2.05) is 0 Å². The molecular weight excluding hydrogens is 166 g/mol. The van der Waals surface area contributed by atoms with E-state index < -0.39 is 24.2 Å². The number of rotatable bonds is 5. The monoisotopic (exact) mass is 176 g/mol. The van der Waals surface area contributed by atoms with Crippen LogP contribution in [0.3, 0.4) is 0 Å². The maximum Gasteiger partial charge on any atom is 0.311 e. The molecule has 2 nitrogen and oxygen atoms in total. The Bertz CT molecular complexity index is 199. The molecule has 0 spiro atoms. The Balaban J connectivity index is 4.43. The minimum atomic E-state index is -3.55. The number of hydrogen-bond donors (Lipinski definition) is 1. The summed E-state index contributed by atoms with van der Waals surface area (Å²) in [6.07, 6.45) is -0.885. The Morgan fingerprint density at radius 2 is 2.08 bits per heavy atom. The molecule has 0 bridgehead atoms. The molecule has 0 saturated carbocycles. The number of ketones is 1. The second kappa shape index (κ2) is 4.11. The number of allylic oxidation sites excluding steroid dienone is 1. The van der Waals surface area contributed by atoms with E-state index in [1.54, 1.807) is 0 Å². The minimum absolute atomic E-state index is 0.763. The van der Waals surface area contributed by atoms with Crippen molar-refractivity contribution in [1.29, 1.82) is 0 Å². The molecule has 0 aromatic heterocycles. The summed E-state index contributed by atoms with van der Waals surface area (Å²) in [5.74, 6) is -5.09. The molecule has 1 N–H and O–H groups in total. The number of Topliss-reactive ketones (excluding diaryl/α,β-unsaturated/α-hetero) is 1. The standard InChI is InChI=1S/C8H10F2O2/c1-3-5-8(9,10)7(12)6(11)4-2/h3-4,6,11H,1-2,5H2. The summed E-state index contributed by atoms with van der Waals surface area (Å²) in [5, 5.41) is 8.71. The van der Waals surface area contributed by atoms with Crippen LogP contribution < -0.4 is 0 Å². The Hall–Kier alpha value is -1.03. The van der Waals surface area contributed by atoms with E-state index in [0.29, 0.717) is 0 Å². The molecule has 0 aliphatic carbocycles. The van der Waals surface area contributed by atoms with E-state index in [4.69, 9.17) is 5.11 Å². The van der Waals surface area contributed by atoms with Gasteiger partial charge in [0.25, 0.3) is 0 Å². The molecule has 0 heterocycles. The van der Waals surface area contributed by atoms with Gasteiger partial charge in [0.1, 0.15) is 6.10 Å². The molecule has 0 aromatic carbocycles. The van der Waals surface area contributed by atoms with Gasteiger partial charge in [-0.3, -0.25) is 4.79 Å². The predicted octanol–water partition coefficient (Wildman–Crippen LogP) is 1.31. The van der Waals surface area contributed by atoms with Crippen LogP contribution in [0.25, 0.3) is 0 Å². The Morgan fingerprint density at radius 3 is 2.42 bits per heavy atom. The molecule has 0 fully saturated rings. The van der Waals surface area contributed by atoms with Crippen molar-refractivity contribution in [1.82, 2.24) is 0 Å². The van der Waals surface area contributed by atoms with Crippen LogP contribution in [-0.2, 0) is 4.79 Å². The molecule has 0 radical (unpaired) electrons. The van der Waals surface area contributed by atoms with Crippen LogP contribution in [0.2, 0.25) is 0 Å². The molecule has 0 aliphatic heterocycles. The Morgan fingerprint density at radius 1 is 1.58 bits per heavy atom. The van der Waals surface area contributed by atoms with Gasteiger partial charge >= 0.3 is 5.92 Å². The maximum absolute atomic E-state index is 12.6. The normalized spacial score (nSPS) is 13.6. The van der Waals surface area contributed by atoms with Crippen LogP contribution >= 0.6 is 0 Å². The molecule has 0 rings (SSSR count). The van der Waals surface area contributed by atoms with E-state index in [2.05, 4.69) is 13.2 Å². The third kappa shape index (κ3) is 2.54. The average molecular weight is 176 g/mol. The number of carbonyl (C=O) groups is 1. The quantitative estimate of drug-likeness (QED) is 0.641. The lowest BCUT2D eigenvalue weighted by molar-refractivity contribution is -0.149. The van der Waals surface area contributed by atoms with Gasteiger partial charge in [0.05, 0.1) is 0 Å². The lowest BCUT2D eigenvalue weighted by Gasteiger charge is -2.14. The van der Waals surface area contributed by atoms with Gasteiger partial charge in [-0.15, -0.1) is 13.2 Å². The van der Waals surface area contributed by atoms with Crippen LogP contribution in [0.1, 0.15) is 6.42 Å².